The molecule has 3 aromatic carbocycles. The summed E-state index contributed by atoms with van der Waals surface area (Å²) in [5.74, 6) is -0.538. The molecular weight excluding hydrogens is 596 g/mol. The molecule has 2 amide bonds. The number of benzene rings is 3. The number of anilines is 1. The number of hydrogen-bond donors (Lipinski definition) is 2. The number of hydrogen-bond acceptors (Lipinski definition) is 6. The average molecular weight is 611 g/mol. The van der Waals surface area contributed by atoms with E-state index in [0.717, 1.165) is 6.07 Å². The molecule has 2 N–H and O–H groups in total. The summed E-state index contributed by atoms with van der Waals surface area (Å²) in [5, 5.41) is 18.0. The van der Waals surface area contributed by atoms with E-state index < -0.39 is 10.8 Å². The van der Waals surface area contributed by atoms with Gasteiger partial charge in [0.25, 0.3) is 17.5 Å². The number of nitro benzene ring substituents is 1. The number of ether oxygens (including phenoxy) is 1. The molecule has 0 saturated carbocycles. The van der Waals surface area contributed by atoms with Gasteiger partial charge < -0.3 is 10.1 Å². The Labute approximate surface area is 215 Å². The van der Waals surface area contributed by atoms with Gasteiger partial charge in [-0.25, -0.2) is 5.43 Å². The Morgan fingerprint density at radius 1 is 1.09 bits per heavy atom. The lowest BCUT2D eigenvalue weighted by molar-refractivity contribution is -0.384. The second-order valence-corrected chi connectivity index (χ2v) is 8.81. The molecule has 0 aromatic heterocycles. The van der Waals surface area contributed by atoms with Crippen molar-refractivity contribution in [3.63, 3.8) is 0 Å². The van der Waals surface area contributed by atoms with E-state index in [4.69, 9.17) is 16.3 Å². The Morgan fingerprint density at radius 2 is 1.76 bits per heavy atom. The van der Waals surface area contributed by atoms with Gasteiger partial charge in [0.2, 0.25) is 0 Å². The summed E-state index contributed by atoms with van der Waals surface area (Å²) in [5.41, 5.74) is 3.43. The summed E-state index contributed by atoms with van der Waals surface area (Å²) in [6.07, 6.45) is 1.39. The van der Waals surface area contributed by atoms with Crippen molar-refractivity contribution in [3.05, 3.63) is 95.9 Å². The summed E-state index contributed by atoms with van der Waals surface area (Å²) >= 11 is 12.6. The van der Waals surface area contributed by atoms with Crippen molar-refractivity contribution >= 4 is 72.9 Å². The molecule has 12 heteroatoms. The molecule has 0 unspecified atom stereocenters. The number of carbonyl (C=O) groups is 2. The van der Waals surface area contributed by atoms with Gasteiger partial charge in [-0.3, -0.25) is 19.7 Å². The van der Waals surface area contributed by atoms with Crippen LogP contribution in [0.3, 0.4) is 0 Å². The molecule has 0 heterocycles. The first-order valence-corrected chi connectivity index (χ1v) is 11.4. The third-order valence-electron chi connectivity index (χ3n) is 4.20. The van der Waals surface area contributed by atoms with E-state index in [1.54, 1.807) is 36.4 Å². The summed E-state index contributed by atoms with van der Waals surface area (Å²) in [4.78, 5) is 34.6. The predicted molar refractivity (Wildman–Crippen MR) is 136 cm³/mol. The van der Waals surface area contributed by atoms with Crippen molar-refractivity contribution in [3.8, 4) is 5.75 Å². The number of rotatable bonds is 8. The number of non-ortho nitro benzene ring substituents is 1. The zero-order valence-electron chi connectivity index (χ0n) is 17.1. The standard InChI is InChI=1S/C22H15Br2ClN4O5/c23-18-8-13(11-26-28-22(31)14-2-1-3-17(10-14)29(32)33)9-19(24)21(18)34-12-20(30)27-16-6-4-15(25)5-7-16/h1-11H,12H2,(H,27,30)(H,28,31)/b26-11+. The fraction of sp³-hybridized carbons (Fsp3) is 0.0455. The highest BCUT2D eigenvalue weighted by atomic mass is 79.9. The first-order valence-electron chi connectivity index (χ1n) is 9.48. The van der Waals surface area contributed by atoms with Crippen molar-refractivity contribution in [2.24, 2.45) is 5.10 Å². The molecule has 3 aromatic rings. The maximum Gasteiger partial charge on any atom is 0.271 e. The topological polar surface area (TPSA) is 123 Å². The summed E-state index contributed by atoms with van der Waals surface area (Å²) < 4.78 is 6.71. The predicted octanol–water partition coefficient (Wildman–Crippen LogP) is 5.55. The van der Waals surface area contributed by atoms with Crippen LogP contribution in [0.2, 0.25) is 5.02 Å². The van der Waals surface area contributed by atoms with E-state index in [1.807, 2.05) is 0 Å². The number of nitro groups is 1. The summed E-state index contributed by atoms with van der Waals surface area (Å²) in [6.45, 7) is -0.230. The van der Waals surface area contributed by atoms with Gasteiger partial charge >= 0.3 is 0 Å². The molecular formula is C22H15Br2ClN4O5. The van der Waals surface area contributed by atoms with E-state index >= 15 is 0 Å². The molecule has 0 aliphatic rings. The number of nitrogens with one attached hydrogen (secondary N) is 2. The third-order valence-corrected chi connectivity index (χ3v) is 5.63. The molecule has 0 bridgehead atoms. The number of hydrazone groups is 1. The smallest absolute Gasteiger partial charge is 0.271 e. The van der Waals surface area contributed by atoms with Crippen LogP contribution < -0.4 is 15.5 Å². The van der Waals surface area contributed by atoms with Crippen LogP contribution in [0.1, 0.15) is 15.9 Å². The molecule has 0 fully saturated rings. The normalized spacial score (nSPS) is 10.7. The minimum atomic E-state index is -0.593. The highest BCUT2D eigenvalue weighted by Gasteiger charge is 2.13. The molecule has 0 spiro atoms. The minimum Gasteiger partial charge on any atom is -0.481 e. The zero-order valence-corrected chi connectivity index (χ0v) is 21.1. The Balaban J connectivity index is 1.59. The molecule has 0 saturated heterocycles. The lowest BCUT2D eigenvalue weighted by Crippen LogP contribution is -2.20. The van der Waals surface area contributed by atoms with Crippen LogP contribution in [-0.4, -0.2) is 29.6 Å². The van der Waals surface area contributed by atoms with Gasteiger partial charge in [0, 0.05) is 28.4 Å². The number of halogens is 3. The van der Waals surface area contributed by atoms with Crippen molar-refractivity contribution in [1.82, 2.24) is 5.43 Å². The quantitative estimate of drug-likeness (QED) is 0.197. The van der Waals surface area contributed by atoms with Gasteiger partial charge in [-0.2, -0.15) is 5.10 Å². The van der Waals surface area contributed by atoms with Crippen molar-refractivity contribution in [1.29, 1.82) is 0 Å². The highest BCUT2D eigenvalue weighted by Crippen LogP contribution is 2.34. The van der Waals surface area contributed by atoms with Crippen LogP contribution in [0, 0.1) is 10.1 Å². The first-order chi connectivity index (χ1) is 16.2. The molecule has 0 aliphatic heterocycles. The fourth-order valence-electron chi connectivity index (χ4n) is 2.65. The van der Waals surface area contributed by atoms with E-state index in [2.05, 4.69) is 47.7 Å². The second kappa shape index (κ2) is 11.7. The third kappa shape index (κ3) is 7.11. The van der Waals surface area contributed by atoms with E-state index in [9.17, 15) is 19.7 Å². The zero-order chi connectivity index (χ0) is 24.7. The maximum atomic E-state index is 12.2. The second-order valence-electron chi connectivity index (χ2n) is 6.66. The Morgan fingerprint density at radius 3 is 2.41 bits per heavy atom. The molecule has 9 nitrogen and oxygen atoms in total. The fourth-order valence-corrected chi connectivity index (χ4v) is 4.23. The number of carbonyl (C=O) groups excluding carboxylic acids is 2. The molecule has 0 aliphatic carbocycles. The highest BCUT2D eigenvalue weighted by molar-refractivity contribution is 9.11. The van der Waals surface area contributed by atoms with Crippen molar-refractivity contribution in [2.45, 2.75) is 0 Å². The van der Waals surface area contributed by atoms with Crippen LogP contribution in [0.25, 0.3) is 0 Å². The van der Waals surface area contributed by atoms with Crippen LogP contribution in [0.15, 0.2) is 74.7 Å². The molecule has 34 heavy (non-hydrogen) atoms. The average Bonchev–Trinajstić information content (AvgIpc) is 2.80. The number of amides is 2. The van der Waals surface area contributed by atoms with Gasteiger partial charge in [0.15, 0.2) is 6.61 Å². The molecule has 0 radical (unpaired) electrons. The van der Waals surface area contributed by atoms with Gasteiger partial charge in [0.05, 0.1) is 20.1 Å². The van der Waals surface area contributed by atoms with Gasteiger partial charge in [-0.1, -0.05) is 17.7 Å². The Bertz CT molecular complexity index is 1250. The van der Waals surface area contributed by atoms with E-state index in [0.29, 0.717) is 31.0 Å². The Hall–Kier alpha value is -3.28. The van der Waals surface area contributed by atoms with Crippen LogP contribution in [0.5, 0.6) is 5.75 Å². The van der Waals surface area contributed by atoms with E-state index in [1.165, 1.54) is 24.4 Å². The van der Waals surface area contributed by atoms with Gasteiger partial charge in [-0.15, -0.1) is 0 Å². The lowest BCUT2D eigenvalue weighted by atomic mass is 10.2. The Kier molecular flexibility index (Phi) is 8.74. The van der Waals surface area contributed by atoms with E-state index in [-0.39, 0.29) is 23.8 Å². The first kappa shape index (κ1) is 25.3. The molecule has 3 rings (SSSR count). The van der Waals surface area contributed by atoms with Crippen molar-refractivity contribution in [2.75, 3.05) is 11.9 Å². The summed E-state index contributed by atoms with van der Waals surface area (Å²) in [7, 11) is 0. The van der Waals surface area contributed by atoms with Crippen LogP contribution in [0.4, 0.5) is 11.4 Å². The minimum absolute atomic E-state index is 0.106. The molecule has 174 valence electrons. The van der Waals surface area contributed by atoms with Crippen molar-refractivity contribution < 1.29 is 19.2 Å². The van der Waals surface area contributed by atoms with Crippen LogP contribution >= 0.6 is 43.5 Å². The van der Waals surface area contributed by atoms with Gasteiger partial charge in [-0.05, 0) is 79.9 Å². The summed E-state index contributed by atoms with van der Waals surface area (Å²) in [6, 6.07) is 15.4. The van der Waals surface area contributed by atoms with Gasteiger partial charge in [0.1, 0.15) is 5.75 Å². The maximum absolute atomic E-state index is 12.2. The lowest BCUT2D eigenvalue weighted by Gasteiger charge is -2.11. The SMILES string of the molecule is O=C(COc1c(Br)cc(/C=N/NC(=O)c2cccc([N+](=O)[O-])c2)cc1Br)Nc1ccc(Cl)cc1. The largest absolute Gasteiger partial charge is 0.481 e. The molecule has 0 atom stereocenters. The monoisotopic (exact) mass is 608 g/mol. The number of nitrogens with zero attached hydrogens (tertiary/aromatic N) is 2. The van der Waals surface area contributed by atoms with Crippen LogP contribution in [-0.2, 0) is 4.79 Å².